The van der Waals surface area contributed by atoms with Crippen LogP contribution in [0.5, 0.6) is 0 Å². The van der Waals surface area contributed by atoms with Gasteiger partial charge in [-0.05, 0) is 24.3 Å². The van der Waals surface area contributed by atoms with Crippen molar-refractivity contribution >= 4 is 12.2 Å². The summed E-state index contributed by atoms with van der Waals surface area (Å²) in [6.45, 7) is 0. The lowest BCUT2D eigenvalue weighted by Crippen LogP contribution is -1.82. The molecule has 0 amide bonds. The third kappa shape index (κ3) is 1.81. The normalized spacial score (nSPS) is 9.85. The van der Waals surface area contributed by atoms with Crippen LogP contribution in [0, 0.1) is 4.64 Å². The summed E-state index contributed by atoms with van der Waals surface area (Å²) in [4.78, 5) is 7.06. The van der Waals surface area contributed by atoms with E-state index in [0.29, 0.717) is 0 Å². The van der Waals surface area contributed by atoms with Gasteiger partial charge in [-0.1, -0.05) is 18.3 Å². The molecule has 0 aliphatic rings. The highest BCUT2D eigenvalue weighted by Crippen LogP contribution is 2.14. The van der Waals surface area contributed by atoms with Gasteiger partial charge in [0.2, 0.25) is 0 Å². The van der Waals surface area contributed by atoms with Gasteiger partial charge in [-0.3, -0.25) is 4.98 Å². The molecule has 0 saturated heterocycles. The molecule has 0 atom stereocenters. The third-order valence-corrected chi connectivity index (χ3v) is 2.00. The molecular formula is C10H8N2S. The van der Waals surface area contributed by atoms with Crippen molar-refractivity contribution in [1.82, 2.24) is 9.97 Å². The average molecular weight is 188 g/mol. The topological polar surface area (TPSA) is 28.7 Å². The second-order valence-electron chi connectivity index (χ2n) is 2.66. The summed E-state index contributed by atoms with van der Waals surface area (Å²) in [6, 6.07) is 9.68. The maximum Gasteiger partial charge on any atom is 0.103 e. The van der Waals surface area contributed by atoms with Gasteiger partial charge in [-0.25, -0.2) is 0 Å². The summed E-state index contributed by atoms with van der Waals surface area (Å²) in [5.41, 5.74) is 2.12. The minimum Gasteiger partial charge on any atom is -0.346 e. The van der Waals surface area contributed by atoms with Crippen molar-refractivity contribution in [2.75, 3.05) is 0 Å². The summed E-state index contributed by atoms with van der Waals surface area (Å²) in [5.74, 6) is 0. The second kappa shape index (κ2) is 3.49. The van der Waals surface area contributed by atoms with Gasteiger partial charge in [0.1, 0.15) is 4.64 Å². The minimum atomic E-state index is 0.745. The Morgan fingerprint density at radius 3 is 2.54 bits per heavy atom. The number of nitrogens with one attached hydrogen (secondary N) is 1. The smallest absolute Gasteiger partial charge is 0.103 e. The summed E-state index contributed by atoms with van der Waals surface area (Å²) in [7, 11) is 0. The molecule has 2 heterocycles. The van der Waals surface area contributed by atoms with E-state index in [-0.39, 0.29) is 0 Å². The summed E-state index contributed by atoms with van der Waals surface area (Å²) in [6.07, 6.45) is 3.53. The van der Waals surface area contributed by atoms with E-state index in [1.165, 1.54) is 0 Å². The van der Waals surface area contributed by atoms with Crippen LogP contribution < -0.4 is 0 Å². The van der Waals surface area contributed by atoms with Gasteiger partial charge in [0, 0.05) is 23.7 Å². The van der Waals surface area contributed by atoms with Crippen LogP contribution in [0.4, 0.5) is 0 Å². The molecule has 0 fully saturated rings. The molecule has 0 saturated carbocycles. The average Bonchev–Trinajstić information content (AvgIpc) is 2.19. The van der Waals surface area contributed by atoms with E-state index in [0.717, 1.165) is 15.9 Å². The molecule has 64 valence electrons. The highest BCUT2D eigenvalue weighted by Gasteiger charge is 1.94. The number of aromatic nitrogens is 2. The molecule has 13 heavy (non-hydrogen) atoms. The SMILES string of the molecule is S=c1cccc(-c2ccncc2)[nH]1. The maximum absolute atomic E-state index is 5.03. The van der Waals surface area contributed by atoms with E-state index in [2.05, 4.69) is 9.97 Å². The Morgan fingerprint density at radius 2 is 1.85 bits per heavy atom. The van der Waals surface area contributed by atoms with Crippen molar-refractivity contribution in [3.63, 3.8) is 0 Å². The van der Waals surface area contributed by atoms with Gasteiger partial charge >= 0.3 is 0 Å². The summed E-state index contributed by atoms with van der Waals surface area (Å²) < 4.78 is 0.745. The molecule has 0 aliphatic heterocycles. The number of pyridine rings is 2. The third-order valence-electron chi connectivity index (χ3n) is 1.76. The molecule has 2 aromatic rings. The Bertz CT molecular complexity index is 448. The lowest BCUT2D eigenvalue weighted by Gasteiger charge is -1.99. The van der Waals surface area contributed by atoms with Crippen LogP contribution in [-0.4, -0.2) is 9.97 Å². The van der Waals surface area contributed by atoms with Crippen LogP contribution in [0.25, 0.3) is 11.3 Å². The Balaban J connectivity index is 2.54. The van der Waals surface area contributed by atoms with Gasteiger partial charge in [-0.15, -0.1) is 0 Å². The van der Waals surface area contributed by atoms with Crippen LogP contribution in [0.1, 0.15) is 0 Å². The number of rotatable bonds is 1. The lowest BCUT2D eigenvalue weighted by molar-refractivity contribution is 1.27. The van der Waals surface area contributed by atoms with E-state index in [1.54, 1.807) is 12.4 Å². The highest BCUT2D eigenvalue weighted by atomic mass is 32.1. The molecule has 3 heteroatoms. The van der Waals surface area contributed by atoms with Gasteiger partial charge < -0.3 is 4.98 Å². The number of hydrogen-bond donors (Lipinski definition) is 1. The van der Waals surface area contributed by atoms with Crippen LogP contribution in [0.3, 0.4) is 0 Å². The lowest BCUT2D eigenvalue weighted by atomic mass is 10.2. The molecule has 2 aromatic heterocycles. The predicted octanol–water partition coefficient (Wildman–Crippen LogP) is 2.81. The molecule has 0 aliphatic carbocycles. The van der Waals surface area contributed by atoms with Crippen LogP contribution in [-0.2, 0) is 0 Å². The molecule has 0 aromatic carbocycles. The molecule has 0 unspecified atom stereocenters. The Labute approximate surface area is 81.3 Å². The number of hydrogen-bond acceptors (Lipinski definition) is 2. The highest BCUT2D eigenvalue weighted by molar-refractivity contribution is 7.71. The van der Waals surface area contributed by atoms with Gasteiger partial charge in [0.25, 0.3) is 0 Å². The standard InChI is InChI=1S/C10H8N2S/c13-10-3-1-2-9(12-10)8-4-6-11-7-5-8/h1-7H,(H,12,13). The fourth-order valence-corrected chi connectivity index (χ4v) is 1.34. The first-order valence-electron chi connectivity index (χ1n) is 3.96. The van der Waals surface area contributed by atoms with Crippen molar-refractivity contribution < 1.29 is 0 Å². The van der Waals surface area contributed by atoms with E-state index in [1.807, 2.05) is 30.3 Å². The first kappa shape index (κ1) is 8.13. The van der Waals surface area contributed by atoms with E-state index < -0.39 is 0 Å². The molecule has 2 rings (SSSR count). The molecule has 0 spiro atoms. The van der Waals surface area contributed by atoms with E-state index >= 15 is 0 Å². The van der Waals surface area contributed by atoms with Crippen LogP contribution in [0.2, 0.25) is 0 Å². The van der Waals surface area contributed by atoms with Crippen LogP contribution in [0.15, 0.2) is 42.7 Å². The molecular weight excluding hydrogens is 180 g/mol. The number of nitrogens with zero attached hydrogens (tertiary/aromatic N) is 1. The van der Waals surface area contributed by atoms with Gasteiger partial charge in [-0.2, -0.15) is 0 Å². The summed E-state index contributed by atoms with van der Waals surface area (Å²) in [5, 5.41) is 0. The zero-order chi connectivity index (χ0) is 9.10. The van der Waals surface area contributed by atoms with Crippen molar-refractivity contribution in [2.45, 2.75) is 0 Å². The van der Waals surface area contributed by atoms with Crippen molar-refractivity contribution in [2.24, 2.45) is 0 Å². The van der Waals surface area contributed by atoms with Gasteiger partial charge in [0.15, 0.2) is 0 Å². The quantitative estimate of drug-likeness (QED) is 0.697. The Hall–Kier alpha value is -1.48. The van der Waals surface area contributed by atoms with Crippen molar-refractivity contribution in [1.29, 1.82) is 0 Å². The molecule has 0 bridgehead atoms. The largest absolute Gasteiger partial charge is 0.346 e. The zero-order valence-corrected chi connectivity index (χ0v) is 7.71. The number of H-pyrrole nitrogens is 1. The zero-order valence-electron chi connectivity index (χ0n) is 6.90. The fourth-order valence-electron chi connectivity index (χ4n) is 1.15. The predicted molar refractivity (Wildman–Crippen MR) is 54.9 cm³/mol. The summed E-state index contributed by atoms with van der Waals surface area (Å²) >= 11 is 5.03. The number of aromatic amines is 1. The van der Waals surface area contributed by atoms with Crippen molar-refractivity contribution in [3.05, 3.63) is 47.4 Å². The minimum absolute atomic E-state index is 0.745. The molecule has 0 radical (unpaired) electrons. The molecule has 1 N–H and O–H groups in total. The van der Waals surface area contributed by atoms with Gasteiger partial charge in [0.05, 0.1) is 0 Å². The second-order valence-corrected chi connectivity index (χ2v) is 3.10. The first-order valence-corrected chi connectivity index (χ1v) is 4.37. The Morgan fingerprint density at radius 1 is 1.08 bits per heavy atom. The van der Waals surface area contributed by atoms with Crippen molar-refractivity contribution in [3.8, 4) is 11.3 Å². The van der Waals surface area contributed by atoms with E-state index in [4.69, 9.17) is 12.2 Å². The van der Waals surface area contributed by atoms with Crippen LogP contribution >= 0.6 is 12.2 Å². The first-order chi connectivity index (χ1) is 6.36. The fraction of sp³-hybridized carbons (Fsp3) is 0. The Kier molecular flexibility index (Phi) is 2.19. The maximum atomic E-state index is 5.03. The molecule has 2 nitrogen and oxygen atoms in total. The monoisotopic (exact) mass is 188 g/mol. The van der Waals surface area contributed by atoms with E-state index in [9.17, 15) is 0 Å².